The number of amides is 1. The van der Waals surface area contributed by atoms with Gasteiger partial charge in [-0.15, -0.1) is 0 Å². The molecule has 0 aliphatic heterocycles. The Hall–Kier alpha value is -3.93. The Balaban J connectivity index is 0.00000197. The van der Waals surface area contributed by atoms with E-state index in [1.807, 2.05) is 87.5 Å². The summed E-state index contributed by atoms with van der Waals surface area (Å²) in [6.07, 6.45) is 1.54. The van der Waals surface area contributed by atoms with Crippen LogP contribution < -0.4 is 4.74 Å². The summed E-state index contributed by atoms with van der Waals surface area (Å²) in [5.41, 5.74) is 2.94. The number of rotatable bonds is 10. The van der Waals surface area contributed by atoms with E-state index in [1.165, 1.54) is 0 Å². The molecule has 0 N–H and O–H groups in total. The van der Waals surface area contributed by atoms with Gasteiger partial charge in [0.25, 0.3) is 5.91 Å². The van der Waals surface area contributed by atoms with E-state index in [9.17, 15) is 9.59 Å². The molecule has 1 amide bonds. The number of esters is 1. The molecule has 0 bridgehead atoms. The highest BCUT2D eigenvalue weighted by atomic mass is 35.5. The van der Waals surface area contributed by atoms with Crippen LogP contribution in [0.1, 0.15) is 75.0 Å². The Morgan fingerprint density at radius 1 is 0.881 bits per heavy atom. The lowest BCUT2D eigenvalue weighted by Gasteiger charge is -2.26. The first-order chi connectivity index (χ1) is 19.7. The van der Waals surface area contributed by atoms with E-state index >= 15 is 0 Å². The van der Waals surface area contributed by atoms with E-state index in [0.717, 1.165) is 16.7 Å². The second kappa shape index (κ2) is 15.9. The molecule has 0 aliphatic rings. The van der Waals surface area contributed by atoms with Crippen LogP contribution >= 0.6 is 11.6 Å². The Morgan fingerprint density at radius 3 is 2.14 bits per heavy atom. The van der Waals surface area contributed by atoms with Crippen LogP contribution in [-0.2, 0) is 37.6 Å². The van der Waals surface area contributed by atoms with Crippen molar-refractivity contribution in [1.82, 2.24) is 4.90 Å². The minimum absolute atomic E-state index is 0.0972. The van der Waals surface area contributed by atoms with Gasteiger partial charge in [-0.2, -0.15) is 9.59 Å². The van der Waals surface area contributed by atoms with Gasteiger partial charge in [0.05, 0.1) is 0 Å². The highest BCUT2D eigenvalue weighted by molar-refractivity contribution is 6.31. The predicted molar refractivity (Wildman–Crippen MR) is 162 cm³/mol. The standard InChI is InChI=1S/C33H40ClNO4.CO2/c1-32(2,3)27-16-10-14-26(20-27)31(37)35(22-30(36)39-33(4,5)6)19-11-15-25-17-18-28(21-29(25)34)38-23-24-12-8-7-9-13-24;2-1-3/h7-10,12-14,16-18,20-21H,11,15,19,22-23H2,1-6H3;. The molecule has 0 heterocycles. The maximum absolute atomic E-state index is 13.5. The van der Waals surface area contributed by atoms with Crippen molar-refractivity contribution in [3.05, 3.63) is 100 Å². The molecule has 0 spiro atoms. The number of hydrogen-bond donors (Lipinski definition) is 0. The van der Waals surface area contributed by atoms with Crippen LogP contribution in [0.15, 0.2) is 72.8 Å². The first-order valence-electron chi connectivity index (χ1n) is 13.8. The van der Waals surface area contributed by atoms with Gasteiger partial charge in [-0.3, -0.25) is 9.59 Å². The van der Waals surface area contributed by atoms with Crippen molar-refractivity contribution in [2.45, 2.75) is 72.0 Å². The zero-order valence-corrected chi connectivity index (χ0v) is 26.0. The maximum Gasteiger partial charge on any atom is 0.373 e. The molecule has 42 heavy (non-hydrogen) atoms. The fourth-order valence-electron chi connectivity index (χ4n) is 4.11. The molecular formula is C34H40ClNO6. The van der Waals surface area contributed by atoms with E-state index in [4.69, 9.17) is 30.7 Å². The van der Waals surface area contributed by atoms with E-state index in [-0.39, 0.29) is 24.0 Å². The topological polar surface area (TPSA) is 90.0 Å². The normalized spacial score (nSPS) is 11.0. The molecule has 224 valence electrons. The number of ether oxygens (including phenoxy) is 2. The minimum Gasteiger partial charge on any atom is -0.489 e. The molecule has 0 unspecified atom stereocenters. The third-order valence-electron chi connectivity index (χ3n) is 6.15. The average molecular weight is 594 g/mol. The molecule has 0 aromatic heterocycles. The van der Waals surface area contributed by atoms with Gasteiger partial charge in [-0.25, -0.2) is 0 Å². The summed E-state index contributed by atoms with van der Waals surface area (Å²) in [5, 5.41) is 0.614. The van der Waals surface area contributed by atoms with Crippen LogP contribution in [0.25, 0.3) is 0 Å². The Labute approximate surface area is 253 Å². The van der Waals surface area contributed by atoms with Gasteiger partial charge >= 0.3 is 12.1 Å². The van der Waals surface area contributed by atoms with Crippen LogP contribution in [0.5, 0.6) is 5.75 Å². The largest absolute Gasteiger partial charge is 0.489 e. The van der Waals surface area contributed by atoms with Gasteiger partial charge in [-0.05, 0) is 80.0 Å². The van der Waals surface area contributed by atoms with Gasteiger partial charge < -0.3 is 14.4 Å². The molecule has 0 fully saturated rings. The molecule has 0 aliphatic carbocycles. The smallest absolute Gasteiger partial charge is 0.373 e. The number of aryl methyl sites for hydroxylation is 1. The number of nitrogens with zero attached hydrogens (tertiary/aromatic N) is 1. The minimum atomic E-state index is -0.629. The number of hydrogen-bond acceptors (Lipinski definition) is 6. The quantitative estimate of drug-likeness (QED) is 0.234. The lowest BCUT2D eigenvalue weighted by molar-refractivity contribution is -0.191. The molecule has 0 radical (unpaired) electrons. The van der Waals surface area contributed by atoms with Crippen LogP contribution in [0, 0.1) is 0 Å². The van der Waals surface area contributed by atoms with Gasteiger partial charge in [0, 0.05) is 17.1 Å². The monoisotopic (exact) mass is 593 g/mol. The van der Waals surface area contributed by atoms with Crippen molar-refractivity contribution in [3.8, 4) is 5.75 Å². The second-order valence-electron chi connectivity index (χ2n) is 11.9. The van der Waals surface area contributed by atoms with Crippen LogP contribution in [0.3, 0.4) is 0 Å². The molecule has 0 saturated heterocycles. The van der Waals surface area contributed by atoms with E-state index < -0.39 is 11.6 Å². The summed E-state index contributed by atoms with van der Waals surface area (Å²) in [5.74, 6) is 0.0801. The predicted octanol–water partition coefficient (Wildman–Crippen LogP) is 7.05. The Morgan fingerprint density at radius 2 is 1.55 bits per heavy atom. The zero-order valence-electron chi connectivity index (χ0n) is 25.2. The number of carbonyl (C=O) groups is 2. The van der Waals surface area contributed by atoms with Crippen LogP contribution in [-0.4, -0.2) is 41.6 Å². The summed E-state index contributed by atoms with van der Waals surface area (Å²) in [7, 11) is 0. The van der Waals surface area contributed by atoms with E-state index in [2.05, 4.69) is 20.8 Å². The van der Waals surface area contributed by atoms with Crippen molar-refractivity contribution >= 4 is 29.6 Å². The molecule has 0 atom stereocenters. The van der Waals surface area contributed by atoms with Gasteiger partial charge in [0.2, 0.25) is 0 Å². The Bertz CT molecular complexity index is 1350. The van der Waals surface area contributed by atoms with Gasteiger partial charge in [0.15, 0.2) is 0 Å². The number of benzene rings is 3. The van der Waals surface area contributed by atoms with Crippen LogP contribution in [0.2, 0.25) is 5.02 Å². The van der Waals surface area contributed by atoms with E-state index in [1.54, 1.807) is 11.0 Å². The fraction of sp³-hybridized carbons (Fsp3) is 0.382. The molecular weight excluding hydrogens is 554 g/mol. The summed E-state index contributed by atoms with van der Waals surface area (Å²) < 4.78 is 11.4. The van der Waals surface area contributed by atoms with Crippen molar-refractivity contribution in [2.24, 2.45) is 0 Å². The molecule has 8 heteroatoms. The van der Waals surface area contributed by atoms with Crippen molar-refractivity contribution < 1.29 is 28.7 Å². The second-order valence-corrected chi connectivity index (χ2v) is 12.3. The summed E-state index contributed by atoms with van der Waals surface area (Å²) in [6.45, 7) is 12.5. The molecule has 3 aromatic rings. The first kappa shape index (κ1) is 34.3. The lowest BCUT2D eigenvalue weighted by atomic mass is 9.86. The highest BCUT2D eigenvalue weighted by Gasteiger charge is 2.24. The molecule has 0 saturated carbocycles. The maximum atomic E-state index is 13.5. The number of carbonyl (C=O) groups excluding carboxylic acids is 4. The lowest BCUT2D eigenvalue weighted by Crippen LogP contribution is -2.39. The molecule has 7 nitrogen and oxygen atoms in total. The summed E-state index contributed by atoms with van der Waals surface area (Å²) in [4.78, 5) is 44.0. The van der Waals surface area contributed by atoms with Crippen molar-refractivity contribution in [3.63, 3.8) is 0 Å². The van der Waals surface area contributed by atoms with Crippen LogP contribution in [0.4, 0.5) is 0 Å². The average Bonchev–Trinajstić information content (AvgIpc) is 2.91. The molecule has 3 aromatic carbocycles. The zero-order chi connectivity index (χ0) is 31.3. The Kier molecular flexibility index (Phi) is 13.0. The fourth-order valence-corrected chi connectivity index (χ4v) is 4.37. The number of halogens is 1. The third-order valence-corrected chi connectivity index (χ3v) is 6.50. The third kappa shape index (κ3) is 11.9. The van der Waals surface area contributed by atoms with E-state index in [0.29, 0.717) is 42.3 Å². The first-order valence-corrected chi connectivity index (χ1v) is 14.2. The summed E-state index contributed by atoms with van der Waals surface area (Å²) in [6, 6.07) is 23.3. The SMILES string of the molecule is CC(C)(C)OC(=O)CN(CCCc1ccc(OCc2ccccc2)cc1Cl)C(=O)c1cccc(C(C)(C)C)c1.O=C=O. The highest BCUT2D eigenvalue weighted by Crippen LogP contribution is 2.26. The molecule has 3 rings (SSSR count). The van der Waals surface area contributed by atoms with Crippen molar-refractivity contribution in [2.75, 3.05) is 13.1 Å². The van der Waals surface area contributed by atoms with Crippen molar-refractivity contribution in [1.29, 1.82) is 0 Å². The van der Waals surface area contributed by atoms with Gasteiger partial charge in [0.1, 0.15) is 24.5 Å². The van der Waals surface area contributed by atoms with Gasteiger partial charge in [-0.1, -0.05) is 80.9 Å². The summed E-state index contributed by atoms with van der Waals surface area (Å²) >= 11 is 6.57.